The first-order chi connectivity index (χ1) is 6.56. The summed E-state index contributed by atoms with van der Waals surface area (Å²) in [5.74, 6) is -0.182. The van der Waals surface area contributed by atoms with E-state index >= 15 is 0 Å². The zero-order valence-electron chi connectivity index (χ0n) is 8.89. The lowest BCUT2D eigenvalue weighted by atomic mass is 9.99. The third-order valence-corrected chi connectivity index (χ3v) is 2.24. The molecule has 1 atom stereocenters. The van der Waals surface area contributed by atoms with Gasteiger partial charge in [-0.3, -0.25) is 0 Å². The van der Waals surface area contributed by atoms with Crippen molar-refractivity contribution in [1.29, 1.82) is 0 Å². The summed E-state index contributed by atoms with van der Waals surface area (Å²) in [6.45, 7) is 7.69. The van der Waals surface area contributed by atoms with Crippen LogP contribution in [0.5, 0.6) is 0 Å². The molecule has 0 radical (unpaired) electrons. The average molecular weight is 193 g/mol. The zero-order valence-corrected chi connectivity index (χ0v) is 8.89. The molecular formula is C12H16FN. The number of nitrogens with one attached hydrogen (secondary N) is 1. The summed E-state index contributed by atoms with van der Waals surface area (Å²) < 4.78 is 13.5. The van der Waals surface area contributed by atoms with Crippen LogP contribution in [0.3, 0.4) is 0 Å². The third-order valence-electron chi connectivity index (χ3n) is 2.24. The summed E-state index contributed by atoms with van der Waals surface area (Å²) in [5, 5.41) is 3.05. The van der Waals surface area contributed by atoms with Gasteiger partial charge in [0.05, 0.1) is 6.04 Å². The van der Waals surface area contributed by atoms with E-state index in [-0.39, 0.29) is 11.9 Å². The van der Waals surface area contributed by atoms with Gasteiger partial charge in [-0.25, -0.2) is 4.39 Å². The highest BCUT2D eigenvalue weighted by Crippen LogP contribution is 2.23. The van der Waals surface area contributed by atoms with Crippen molar-refractivity contribution in [2.45, 2.75) is 19.9 Å². The number of hydrogen-bond donors (Lipinski definition) is 1. The van der Waals surface area contributed by atoms with Gasteiger partial charge in [-0.05, 0) is 27.0 Å². The van der Waals surface area contributed by atoms with Crippen molar-refractivity contribution in [2.24, 2.45) is 0 Å². The van der Waals surface area contributed by atoms with Gasteiger partial charge in [0.2, 0.25) is 0 Å². The molecule has 1 unspecified atom stereocenters. The lowest BCUT2D eigenvalue weighted by Gasteiger charge is -2.17. The Kier molecular flexibility index (Phi) is 3.42. The highest BCUT2D eigenvalue weighted by Gasteiger charge is 2.14. The quantitative estimate of drug-likeness (QED) is 0.728. The van der Waals surface area contributed by atoms with E-state index < -0.39 is 0 Å². The van der Waals surface area contributed by atoms with Gasteiger partial charge in [0, 0.05) is 5.56 Å². The maximum Gasteiger partial charge on any atom is 0.128 e. The van der Waals surface area contributed by atoms with Gasteiger partial charge < -0.3 is 5.32 Å². The van der Waals surface area contributed by atoms with Gasteiger partial charge >= 0.3 is 0 Å². The summed E-state index contributed by atoms with van der Waals surface area (Å²) in [4.78, 5) is 0. The molecule has 0 heterocycles. The third kappa shape index (κ3) is 2.20. The highest BCUT2D eigenvalue weighted by atomic mass is 19.1. The topological polar surface area (TPSA) is 12.0 Å². The van der Waals surface area contributed by atoms with Gasteiger partial charge in [-0.2, -0.15) is 0 Å². The molecule has 1 rings (SSSR count). The smallest absolute Gasteiger partial charge is 0.128 e. The SMILES string of the molecule is C=C(C)C(NC)c1cc(C)ccc1F. The minimum atomic E-state index is -0.182. The largest absolute Gasteiger partial charge is 0.310 e. The first-order valence-electron chi connectivity index (χ1n) is 4.65. The molecule has 1 aromatic carbocycles. The second kappa shape index (κ2) is 4.38. The Balaban J connectivity index is 3.15. The van der Waals surface area contributed by atoms with E-state index in [1.807, 2.05) is 19.9 Å². The molecule has 1 nitrogen and oxygen atoms in total. The summed E-state index contributed by atoms with van der Waals surface area (Å²) in [6.07, 6.45) is 0. The molecule has 2 heteroatoms. The summed E-state index contributed by atoms with van der Waals surface area (Å²) in [5.41, 5.74) is 2.64. The van der Waals surface area contributed by atoms with E-state index in [0.29, 0.717) is 5.56 Å². The molecule has 0 aliphatic rings. The van der Waals surface area contributed by atoms with Crippen molar-refractivity contribution in [1.82, 2.24) is 5.32 Å². The molecule has 1 aromatic rings. The average Bonchev–Trinajstić information content (AvgIpc) is 2.11. The van der Waals surface area contributed by atoms with Crippen molar-refractivity contribution in [3.8, 4) is 0 Å². The van der Waals surface area contributed by atoms with Crippen LogP contribution in [0.4, 0.5) is 4.39 Å². The Bertz CT molecular complexity index is 344. The Morgan fingerprint density at radius 2 is 2.14 bits per heavy atom. The zero-order chi connectivity index (χ0) is 10.7. The minimum absolute atomic E-state index is 0.102. The molecule has 0 spiro atoms. The van der Waals surface area contributed by atoms with Gasteiger partial charge in [0.1, 0.15) is 5.82 Å². The summed E-state index contributed by atoms with van der Waals surface area (Å²) >= 11 is 0. The molecule has 0 fully saturated rings. The fraction of sp³-hybridized carbons (Fsp3) is 0.333. The van der Waals surface area contributed by atoms with Gasteiger partial charge in [0.25, 0.3) is 0 Å². The van der Waals surface area contributed by atoms with Gasteiger partial charge in [-0.1, -0.05) is 29.8 Å². The molecule has 0 aliphatic heterocycles. The Morgan fingerprint density at radius 1 is 1.50 bits per heavy atom. The lowest BCUT2D eigenvalue weighted by Crippen LogP contribution is -2.18. The summed E-state index contributed by atoms with van der Waals surface area (Å²) in [7, 11) is 1.81. The maximum atomic E-state index is 13.5. The van der Waals surface area contributed by atoms with Crippen LogP contribution in [-0.4, -0.2) is 7.05 Å². The number of aryl methyl sites for hydroxylation is 1. The predicted molar refractivity (Wildman–Crippen MR) is 57.8 cm³/mol. The van der Waals surface area contributed by atoms with E-state index in [2.05, 4.69) is 11.9 Å². The monoisotopic (exact) mass is 193 g/mol. The molecule has 0 amide bonds. The van der Waals surface area contributed by atoms with Crippen LogP contribution in [0.25, 0.3) is 0 Å². The molecule has 0 saturated heterocycles. The maximum absolute atomic E-state index is 13.5. The lowest BCUT2D eigenvalue weighted by molar-refractivity contribution is 0.572. The van der Waals surface area contributed by atoms with E-state index in [4.69, 9.17) is 0 Å². The molecule has 0 aliphatic carbocycles. The van der Waals surface area contributed by atoms with Crippen LogP contribution in [0.2, 0.25) is 0 Å². The normalized spacial score (nSPS) is 12.6. The number of benzene rings is 1. The molecule has 0 bridgehead atoms. The highest BCUT2D eigenvalue weighted by molar-refractivity contribution is 5.31. The molecule has 76 valence electrons. The molecule has 14 heavy (non-hydrogen) atoms. The Morgan fingerprint density at radius 3 is 2.64 bits per heavy atom. The van der Waals surface area contributed by atoms with Crippen molar-refractivity contribution in [2.75, 3.05) is 7.05 Å². The first-order valence-corrected chi connectivity index (χ1v) is 4.65. The van der Waals surface area contributed by atoms with E-state index in [9.17, 15) is 4.39 Å². The van der Waals surface area contributed by atoms with Crippen LogP contribution in [0, 0.1) is 12.7 Å². The van der Waals surface area contributed by atoms with Gasteiger partial charge in [0.15, 0.2) is 0 Å². The second-order valence-electron chi connectivity index (χ2n) is 3.59. The van der Waals surface area contributed by atoms with Crippen LogP contribution >= 0.6 is 0 Å². The Hall–Kier alpha value is -1.15. The van der Waals surface area contributed by atoms with Crippen molar-refractivity contribution < 1.29 is 4.39 Å². The molecule has 0 aromatic heterocycles. The molecule has 1 N–H and O–H groups in total. The van der Waals surface area contributed by atoms with Crippen LogP contribution in [0.1, 0.15) is 24.1 Å². The number of rotatable bonds is 3. The van der Waals surface area contributed by atoms with E-state index in [1.54, 1.807) is 13.1 Å². The first kappa shape index (κ1) is 10.9. The fourth-order valence-electron chi connectivity index (χ4n) is 1.55. The molecule has 0 saturated carbocycles. The fourth-order valence-corrected chi connectivity index (χ4v) is 1.55. The summed E-state index contributed by atoms with van der Waals surface area (Å²) in [6, 6.07) is 5.02. The number of hydrogen-bond acceptors (Lipinski definition) is 1. The van der Waals surface area contributed by atoms with Crippen molar-refractivity contribution in [3.63, 3.8) is 0 Å². The van der Waals surface area contributed by atoms with E-state index in [0.717, 1.165) is 11.1 Å². The number of likely N-dealkylation sites (N-methyl/N-ethyl adjacent to an activating group) is 1. The number of halogens is 1. The van der Waals surface area contributed by atoms with Crippen molar-refractivity contribution in [3.05, 3.63) is 47.3 Å². The van der Waals surface area contributed by atoms with Crippen LogP contribution < -0.4 is 5.32 Å². The van der Waals surface area contributed by atoms with Crippen molar-refractivity contribution >= 4 is 0 Å². The Labute approximate surface area is 84.6 Å². The second-order valence-corrected chi connectivity index (χ2v) is 3.59. The van der Waals surface area contributed by atoms with Crippen LogP contribution in [-0.2, 0) is 0 Å². The molecular weight excluding hydrogens is 177 g/mol. The van der Waals surface area contributed by atoms with Gasteiger partial charge in [-0.15, -0.1) is 0 Å². The predicted octanol–water partition coefficient (Wildman–Crippen LogP) is 2.97. The van der Waals surface area contributed by atoms with E-state index in [1.165, 1.54) is 6.07 Å². The van der Waals surface area contributed by atoms with Crippen LogP contribution in [0.15, 0.2) is 30.4 Å². The minimum Gasteiger partial charge on any atom is -0.310 e. The standard InChI is InChI=1S/C12H16FN/c1-8(2)12(14-4)10-7-9(3)5-6-11(10)13/h5-7,12,14H,1H2,2-4H3.